The van der Waals surface area contributed by atoms with Gasteiger partial charge in [0.15, 0.2) is 0 Å². The lowest BCUT2D eigenvalue weighted by molar-refractivity contribution is 0.235. The number of hydrogen-bond acceptors (Lipinski definition) is 4. The van der Waals surface area contributed by atoms with Crippen LogP contribution in [0.25, 0.3) is 0 Å². The molecule has 15 heavy (non-hydrogen) atoms. The van der Waals surface area contributed by atoms with E-state index >= 15 is 0 Å². The molecule has 2 heterocycles. The number of aromatic nitrogens is 1. The Kier molecular flexibility index (Phi) is 2.73. The van der Waals surface area contributed by atoms with E-state index in [4.69, 9.17) is 0 Å². The lowest BCUT2D eigenvalue weighted by atomic mass is 10.3. The van der Waals surface area contributed by atoms with Gasteiger partial charge in [-0.2, -0.15) is 0 Å². The van der Waals surface area contributed by atoms with E-state index in [1.54, 1.807) is 0 Å². The fraction of sp³-hybridized carbons (Fsp3) is 0.727. The van der Waals surface area contributed by atoms with Crippen LogP contribution in [0.1, 0.15) is 28.6 Å². The summed E-state index contributed by atoms with van der Waals surface area (Å²) in [6.07, 6.45) is 4.81. The van der Waals surface area contributed by atoms with Crippen molar-refractivity contribution in [3.8, 4) is 0 Å². The minimum Gasteiger partial charge on any atom is -0.314 e. The van der Waals surface area contributed by atoms with E-state index in [0.717, 1.165) is 25.6 Å². The Morgan fingerprint density at radius 1 is 1.40 bits per heavy atom. The second-order valence-corrected chi connectivity index (χ2v) is 5.61. The van der Waals surface area contributed by atoms with Gasteiger partial charge < -0.3 is 5.32 Å². The van der Waals surface area contributed by atoms with Gasteiger partial charge in [-0.3, -0.25) is 4.90 Å². The molecule has 1 N–H and O–H groups in total. The molecule has 0 radical (unpaired) electrons. The highest BCUT2D eigenvalue weighted by atomic mass is 32.1. The van der Waals surface area contributed by atoms with Crippen LogP contribution in [0.2, 0.25) is 0 Å². The zero-order valence-electron chi connectivity index (χ0n) is 8.91. The fourth-order valence-corrected chi connectivity index (χ4v) is 3.13. The van der Waals surface area contributed by atoms with Crippen LogP contribution in [-0.2, 0) is 6.54 Å². The molecule has 0 amide bonds. The van der Waals surface area contributed by atoms with Crippen molar-refractivity contribution in [2.75, 3.05) is 26.2 Å². The lowest BCUT2D eigenvalue weighted by Crippen LogP contribution is -2.42. The fourth-order valence-electron chi connectivity index (χ4n) is 2.00. The average molecular weight is 223 g/mol. The van der Waals surface area contributed by atoms with Crippen LogP contribution >= 0.6 is 11.3 Å². The van der Waals surface area contributed by atoms with Crippen molar-refractivity contribution < 1.29 is 0 Å². The summed E-state index contributed by atoms with van der Waals surface area (Å²) in [6.45, 7) is 5.72. The minimum absolute atomic E-state index is 0.812. The minimum atomic E-state index is 0.812. The molecule has 1 aromatic rings. The number of nitrogens with zero attached hydrogens (tertiary/aromatic N) is 2. The van der Waals surface area contributed by atoms with Gasteiger partial charge in [-0.25, -0.2) is 4.98 Å². The van der Waals surface area contributed by atoms with Gasteiger partial charge in [0, 0.05) is 49.7 Å². The summed E-state index contributed by atoms with van der Waals surface area (Å²) in [5.74, 6) is 0.812. The van der Waals surface area contributed by atoms with Gasteiger partial charge in [0.05, 0.1) is 5.01 Å². The summed E-state index contributed by atoms with van der Waals surface area (Å²) in [4.78, 5) is 8.48. The van der Waals surface area contributed by atoms with Gasteiger partial charge in [-0.1, -0.05) is 0 Å². The van der Waals surface area contributed by atoms with E-state index in [2.05, 4.69) is 21.4 Å². The molecule has 0 aromatic carbocycles. The Balaban J connectivity index is 1.60. The van der Waals surface area contributed by atoms with E-state index < -0.39 is 0 Å². The molecule has 1 aliphatic carbocycles. The molecule has 0 atom stereocenters. The van der Waals surface area contributed by atoms with Crippen molar-refractivity contribution in [2.45, 2.75) is 25.3 Å². The smallest absolute Gasteiger partial charge is 0.0959 e. The van der Waals surface area contributed by atoms with E-state index in [1.807, 2.05) is 11.3 Å². The van der Waals surface area contributed by atoms with Crippen LogP contribution in [0.5, 0.6) is 0 Å². The third kappa shape index (κ3) is 2.38. The number of thiazole rings is 1. The molecule has 1 aromatic heterocycles. The second kappa shape index (κ2) is 4.20. The monoisotopic (exact) mass is 223 g/mol. The summed E-state index contributed by atoms with van der Waals surface area (Å²) in [5.41, 5.74) is 0. The number of hydrogen-bond donors (Lipinski definition) is 1. The van der Waals surface area contributed by atoms with E-state index in [0.29, 0.717) is 0 Å². The molecule has 82 valence electrons. The first-order valence-corrected chi connectivity index (χ1v) is 6.61. The van der Waals surface area contributed by atoms with Crippen LogP contribution in [0, 0.1) is 0 Å². The van der Waals surface area contributed by atoms with Gasteiger partial charge in [-0.05, 0) is 12.8 Å². The molecule has 3 rings (SSSR count). The standard InChI is InChI=1S/C11H17N3S/c1-2-9(1)11-13-7-10(15-11)8-14-5-3-12-4-6-14/h7,9,12H,1-6,8H2. The Morgan fingerprint density at radius 2 is 2.20 bits per heavy atom. The molecule has 0 bridgehead atoms. The first kappa shape index (κ1) is 9.75. The number of piperazine rings is 1. The molecule has 2 aliphatic rings. The molecule has 4 heteroatoms. The highest BCUT2D eigenvalue weighted by molar-refractivity contribution is 7.11. The van der Waals surface area contributed by atoms with Crippen molar-refractivity contribution in [3.63, 3.8) is 0 Å². The third-order valence-corrected chi connectivity index (χ3v) is 4.23. The maximum atomic E-state index is 4.52. The Bertz CT molecular complexity index is 326. The number of nitrogens with one attached hydrogen (secondary N) is 1. The first-order chi connectivity index (χ1) is 7.42. The largest absolute Gasteiger partial charge is 0.314 e. The van der Waals surface area contributed by atoms with Crippen LogP contribution < -0.4 is 5.32 Å². The first-order valence-electron chi connectivity index (χ1n) is 5.79. The third-order valence-electron chi connectivity index (χ3n) is 3.09. The highest BCUT2D eigenvalue weighted by Gasteiger charge is 2.26. The summed E-state index contributed by atoms with van der Waals surface area (Å²) in [5, 5.41) is 4.76. The summed E-state index contributed by atoms with van der Waals surface area (Å²) < 4.78 is 0. The normalized spacial score (nSPS) is 23.2. The van der Waals surface area contributed by atoms with Crippen LogP contribution in [0.4, 0.5) is 0 Å². The summed E-state index contributed by atoms with van der Waals surface area (Å²) in [6, 6.07) is 0. The van der Waals surface area contributed by atoms with Gasteiger partial charge in [0.2, 0.25) is 0 Å². The van der Waals surface area contributed by atoms with Crippen molar-refractivity contribution in [3.05, 3.63) is 16.1 Å². The molecular weight excluding hydrogens is 206 g/mol. The molecule has 0 spiro atoms. The SMILES string of the molecule is c1nc(C2CC2)sc1CN1CCNCC1. The molecular formula is C11H17N3S. The highest BCUT2D eigenvalue weighted by Crippen LogP contribution is 2.41. The van der Waals surface area contributed by atoms with Gasteiger partial charge in [-0.15, -0.1) is 11.3 Å². The van der Waals surface area contributed by atoms with E-state index in [-0.39, 0.29) is 0 Å². The quantitative estimate of drug-likeness (QED) is 0.840. The molecule has 2 fully saturated rings. The van der Waals surface area contributed by atoms with Gasteiger partial charge in [0.1, 0.15) is 0 Å². The second-order valence-electron chi connectivity index (χ2n) is 4.47. The van der Waals surface area contributed by atoms with Crippen LogP contribution in [-0.4, -0.2) is 36.1 Å². The van der Waals surface area contributed by atoms with Crippen molar-refractivity contribution in [1.82, 2.24) is 15.2 Å². The zero-order chi connectivity index (χ0) is 10.1. The van der Waals surface area contributed by atoms with Gasteiger partial charge >= 0.3 is 0 Å². The maximum absolute atomic E-state index is 4.52. The molecule has 1 saturated carbocycles. The van der Waals surface area contributed by atoms with Crippen LogP contribution in [0.3, 0.4) is 0 Å². The lowest BCUT2D eigenvalue weighted by Gasteiger charge is -2.26. The van der Waals surface area contributed by atoms with Gasteiger partial charge in [0.25, 0.3) is 0 Å². The Labute approximate surface area is 94.5 Å². The zero-order valence-corrected chi connectivity index (χ0v) is 9.72. The van der Waals surface area contributed by atoms with Crippen molar-refractivity contribution >= 4 is 11.3 Å². The van der Waals surface area contributed by atoms with E-state index in [9.17, 15) is 0 Å². The maximum Gasteiger partial charge on any atom is 0.0959 e. The molecule has 1 saturated heterocycles. The van der Waals surface area contributed by atoms with Crippen LogP contribution in [0.15, 0.2) is 6.20 Å². The predicted molar refractivity (Wildman–Crippen MR) is 62.2 cm³/mol. The average Bonchev–Trinajstić information content (AvgIpc) is 3.02. The topological polar surface area (TPSA) is 28.2 Å². The Morgan fingerprint density at radius 3 is 2.93 bits per heavy atom. The molecule has 3 nitrogen and oxygen atoms in total. The van der Waals surface area contributed by atoms with Crippen molar-refractivity contribution in [2.24, 2.45) is 0 Å². The Hall–Kier alpha value is -0.450. The summed E-state index contributed by atoms with van der Waals surface area (Å²) >= 11 is 1.92. The summed E-state index contributed by atoms with van der Waals surface area (Å²) in [7, 11) is 0. The number of rotatable bonds is 3. The van der Waals surface area contributed by atoms with Crippen molar-refractivity contribution in [1.29, 1.82) is 0 Å². The van der Waals surface area contributed by atoms with E-state index in [1.165, 1.54) is 35.8 Å². The predicted octanol–water partition coefficient (Wildman–Crippen LogP) is 1.43. The molecule has 0 unspecified atom stereocenters. The molecule has 1 aliphatic heterocycles.